The van der Waals surface area contributed by atoms with E-state index >= 15 is 0 Å². The van der Waals surface area contributed by atoms with Gasteiger partial charge in [0.15, 0.2) is 11.4 Å². The molecule has 0 saturated heterocycles. The molecule has 0 atom stereocenters. The number of aromatic nitrogens is 4. The third kappa shape index (κ3) is 3.46. The van der Waals surface area contributed by atoms with Crippen LogP contribution in [0.25, 0.3) is 16.7 Å². The molecule has 2 heterocycles. The molecule has 0 unspecified atom stereocenters. The van der Waals surface area contributed by atoms with Gasteiger partial charge in [-0.15, -0.1) is 10.2 Å². The Labute approximate surface area is 165 Å². The van der Waals surface area contributed by atoms with Gasteiger partial charge in [-0.3, -0.25) is 14.0 Å². The number of nitrogens with one attached hydrogen (secondary N) is 1. The van der Waals surface area contributed by atoms with Crippen molar-refractivity contribution < 1.29 is 9.59 Å². The van der Waals surface area contributed by atoms with Gasteiger partial charge in [0.25, 0.3) is 0 Å². The van der Waals surface area contributed by atoms with Crippen molar-refractivity contribution in [1.82, 2.24) is 19.6 Å². The van der Waals surface area contributed by atoms with E-state index in [1.54, 1.807) is 24.3 Å². The number of para-hydroxylation sites is 2. The number of carbonyl (C=O) groups is 2. The largest absolute Gasteiger partial charge is 0.325 e. The lowest BCUT2D eigenvalue weighted by Crippen LogP contribution is -2.14. The van der Waals surface area contributed by atoms with E-state index in [0.29, 0.717) is 21.9 Å². The van der Waals surface area contributed by atoms with Gasteiger partial charge in [-0.25, -0.2) is 4.98 Å². The van der Waals surface area contributed by atoms with E-state index in [4.69, 9.17) is 0 Å². The highest BCUT2D eigenvalue weighted by Crippen LogP contribution is 2.25. The van der Waals surface area contributed by atoms with E-state index in [-0.39, 0.29) is 17.4 Å². The molecule has 1 N–H and O–H groups in total. The molecule has 0 fully saturated rings. The van der Waals surface area contributed by atoms with Crippen LogP contribution in [0.4, 0.5) is 5.69 Å². The van der Waals surface area contributed by atoms with Crippen LogP contribution in [0.15, 0.2) is 53.6 Å². The van der Waals surface area contributed by atoms with Gasteiger partial charge in [-0.2, -0.15) is 0 Å². The highest BCUT2D eigenvalue weighted by molar-refractivity contribution is 8.00. The molecule has 0 radical (unpaired) electrons. The molecule has 0 saturated carbocycles. The Morgan fingerprint density at radius 1 is 1.11 bits per heavy atom. The fourth-order valence-corrected chi connectivity index (χ4v) is 3.70. The standard InChI is InChI=1S/C20H17N5O2S/c1-12(26)14-6-5-7-15(10-14)21-18(27)11-28-20-19-24-23-13(2)25(19)17-9-4-3-8-16(17)22-20/h3-10H,11H2,1-2H3,(H,21,27). The van der Waals surface area contributed by atoms with Crippen molar-refractivity contribution >= 4 is 45.8 Å². The maximum atomic E-state index is 12.4. The predicted octanol–water partition coefficient (Wildman–Crippen LogP) is 3.52. The van der Waals surface area contributed by atoms with E-state index in [0.717, 1.165) is 16.9 Å². The number of amides is 1. The van der Waals surface area contributed by atoms with Gasteiger partial charge < -0.3 is 5.32 Å². The van der Waals surface area contributed by atoms with Gasteiger partial charge in [0, 0.05) is 11.3 Å². The number of benzene rings is 2. The second-order valence-electron chi connectivity index (χ2n) is 6.29. The first-order valence-electron chi connectivity index (χ1n) is 8.67. The Kier molecular flexibility index (Phi) is 4.79. The van der Waals surface area contributed by atoms with Crippen molar-refractivity contribution in [2.45, 2.75) is 18.9 Å². The number of thioether (sulfide) groups is 1. The fraction of sp³-hybridized carbons (Fsp3) is 0.150. The highest BCUT2D eigenvalue weighted by atomic mass is 32.2. The Morgan fingerprint density at radius 2 is 1.93 bits per heavy atom. The highest BCUT2D eigenvalue weighted by Gasteiger charge is 2.15. The van der Waals surface area contributed by atoms with Crippen molar-refractivity contribution in [3.8, 4) is 0 Å². The average Bonchev–Trinajstić information content (AvgIpc) is 3.08. The molecule has 7 nitrogen and oxygen atoms in total. The molecule has 0 spiro atoms. The first kappa shape index (κ1) is 18.1. The molecular formula is C20H17N5O2S. The van der Waals surface area contributed by atoms with Crippen molar-refractivity contribution in [2.75, 3.05) is 11.1 Å². The average molecular weight is 391 g/mol. The number of Topliss-reactive ketones (excluding diaryl/α,β-unsaturated/α-hetero) is 1. The first-order valence-corrected chi connectivity index (χ1v) is 9.65. The minimum absolute atomic E-state index is 0.0459. The second kappa shape index (κ2) is 7.40. The van der Waals surface area contributed by atoms with Crippen LogP contribution >= 0.6 is 11.8 Å². The zero-order chi connectivity index (χ0) is 19.7. The van der Waals surface area contributed by atoms with Crippen molar-refractivity contribution in [3.63, 3.8) is 0 Å². The lowest BCUT2D eigenvalue weighted by Gasteiger charge is -2.08. The van der Waals surface area contributed by atoms with E-state index < -0.39 is 0 Å². The molecular weight excluding hydrogens is 374 g/mol. The van der Waals surface area contributed by atoms with Gasteiger partial charge in [-0.05, 0) is 38.1 Å². The SMILES string of the molecule is CC(=O)c1cccc(NC(=O)CSc2nc3ccccc3n3c(C)nnc23)c1. The van der Waals surface area contributed by atoms with Crippen LogP contribution in [-0.2, 0) is 4.79 Å². The molecule has 0 aliphatic carbocycles. The van der Waals surface area contributed by atoms with Gasteiger partial charge in [0.05, 0.1) is 16.8 Å². The normalized spacial score (nSPS) is 11.1. The second-order valence-corrected chi connectivity index (χ2v) is 7.25. The minimum Gasteiger partial charge on any atom is -0.325 e. The molecule has 8 heteroatoms. The van der Waals surface area contributed by atoms with Gasteiger partial charge in [0.1, 0.15) is 10.9 Å². The number of hydrogen-bond donors (Lipinski definition) is 1. The van der Waals surface area contributed by atoms with Crippen LogP contribution in [0.1, 0.15) is 23.1 Å². The summed E-state index contributed by atoms with van der Waals surface area (Å²) in [5.41, 5.74) is 3.52. The monoisotopic (exact) mass is 391 g/mol. The summed E-state index contributed by atoms with van der Waals surface area (Å²) < 4.78 is 1.94. The van der Waals surface area contributed by atoms with E-state index in [1.165, 1.54) is 18.7 Å². The van der Waals surface area contributed by atoms with Crippen molar-refractivity contribution in [2.24, 2.45) is 0 Å². The maximum Gasteiger partial charge on any atom is 0.234 e. The molecule has 0 aliphatic heterocycles. The number of nitrogens with zero attached hydrogens (tertiary/aromatic N) is 4. The summed E-state index contributed by atoms with van der Waals surface area (Å²) in [5.74, 6) is 0.698. The topological polar surface area (TPSA) is 89.2 Å². The zero-order valence-corrected chi connectivity index (χ0v) is 16.2. The van der Waals surface area contributed by atoms with E-state index in [2.05, 4.69) is 20.5 Å². The molecule has 28 heavy (non-hydrogen) atoms. The molecule has 2 aromatic carbocycles. The van der Waals surface area contributed by atoms with Gasteiger partial charge in [-0.1, -0.05) is 36.0 Å². The third-order valence-corrected chi connectivity index (χ3v) is 5.21. The molecule has 4 rings (SSSR count). The Hall–Kier alpha value is -3.26. The smallest absolute Gasteiger partial charge is 0.234 e. The maximum absolute atomic E-state index is 12.4. The van der Waals surface area contributed by atoms with Gasteiger partial charge in [0.2, 0.25) is 5.91 Å². The Morgan fingerprint density at radius 3 is 2.75 bits per heavy atom. The van der Waals surface area contributed by atoms with Crippen LogP contribution in [-0.4, -0.2) is 37.0 Å². The molecule has 1 amide bonds. The van der Waals surface area contributed by atoms with E-state index in [9.17, 15) is 9.59 Å². The number of ketones is 1. The number of rotatable bonds is 5. The number of aryl methyl sites for hydroxylation is 1. The Balaban J connectivity index is 1.56. The number of anilines is 1. The summed E-state index contributed by atoms with van der Waals surface area (Å²) in [6.45, 7) is 3.38. The molecule has 140 valence electrons. The summed E-state index contributed by atoms with van der Waals surface area (Å²) in [6.07, 6.45) is 0. The molecule has 2 aromatic heterocycles. The summed E-state index contributed by atoms with van der Waals surface area (Å²) >= 11 is 1.30. The van der Waals surface area contributed by atoms with Crippen molar-refractivity contribution in [1.29, 1.82) is 0 Å². The number of fused-ring (bicyclic) bond motifs is 3. The molecule has 4 aromatic rings. The summed E-state index contributed by atoms with van der Waals surface area (Å²) in [4.78, 5) is 28.5. The summed E-state index contributed by atoms with van der Waals surface area (Å²) in [5, 5.41) is 11.8. The first-order chi connectivity index (χ1) is 13.5. The van der Waals surface area contributed by atoms with Crippen LogP contribution in [0.2, 0.25) is 0 Å². The lowest BCUT2D eigenvalue weighted by molar-refractivity contribution is -0.113. The van der Waals surface area contributed by atoms with Crippen LogP contribution in [0, 0.1) is 6.92 Å². The van der Waals surface area contributed by atoms with Gasteiger partial charge >= 0.3 is 0 Å². The van der Waals surface area contributed by atoms with E-state index in [1.807, 2.05) is 35.6 Å². The predicted molar refractivity (Wildman–Crippen MR) is 109 cm³/mol. The number of hydrogen-bond acceptors (Lipinski definition) is 6. The fourth-order valence-electron chi connectivity index (χ4n) is 2.94. The lowest BCUT2D eigenvalue weighted by atomic mass is 10.1. The Bertz CT molecular complexity index is 1220. The molecule has 0 aliphatic rings. The quantitative estimate of drug-likeness (QED) is 0.414. The van der Waals surface area contributed by atoms with Crippen LogP contribution in [0.3, 0.4) is 0 Å². The zero-order valence-electron chi connectivity index (χ0n) is 15.3. The summed E-state index contributed by atoms with van der Waals surface area (Å²) in [7, 11) is 0. The molecule has 0 bridgehead atoms. The summed E-state index contributed by atoms with van der Waals surface area (Å²) in [6, 6.07) is 14.6. The third-order valence-electron chi connectivity index (χ3n) is 4.25. The minimum atomic E-state index is -0.185. The number of carbonyl (C=O) groups excluding carboxylic acids is 2. The van der Waals surface area contributed by atoms with Crippen molar-refractivity contribution in [3.05, 3.63) is 59.9 Å². The van der Waals surface area contributed by atoms with Crippen LogP contribution < -0.4 is 5.32 Å². The van der Waals surface area contributed by atoms with Crippen LogP contribution in [0.5, 0.6) is 0 Å².